The number of hydrogen-bond acceptors (Lipinski definition) is 5. The first-order valence-corrected chi connectivity index (χ1v) is 9.47. The van der Waals surface area contributed by atoms with Gasteiger partial charge in [0.1, 0.15) is 5.75 Å². The molecule has 0 saturated carbocycles. The Morgan fingerprint density at radius 2 is 1.89 bits per heavy atom. The molecule has 136 valence electrons. The highest BCUT2D eigenvalue weighted by Crippen LogP contribution is 2.26. The lowest BCUT2D eigenvalue weighted by atomic mass is 10.1. The zero-order valence-corrected chi connectivity index (χ0v) is 15.8. The summed E-state index contributed by atoms with van der Waals surface area (Å²) >= 11 is 1.49. The van der Waals surface area contributed by atoms with E-state index in [4.69, 9.17) is 4.74 Å². The maximum absolute atomic E-state index is 12.4. The van der Waals surface area contributed by atoms with Gasteiger partial charge < -0.3 is 4.74 Å². The summed E-state index contributed by atoms with van der Waals surface area (Å²) in [7, 11) is 0. The summed E-state index contributed by atoms with van der Waals surface area (Å²) in [4.78, 5) is 17.6. The van der Waals surface area contributed by atoms with Crippen LogP contribution in [0.5, 0.6) is 5.75 Å². The minimum Gasteiger partial charge on any atom is -0.494 e. The van der Waals surface area contributed by atoms with Gasteiger partial charge in [-0.2, -0.15) is 4.98 Å². The lowest BCUT2D eigenvalue weighted by Crippen LogP contribution is -2.13. The van der Waals surface area contributed by atoms with Crippen LogP contribution in [0.2, 0.25) is 0 Å². The van der Waals surface area contributed by atoms with E-state index in [0.717, 1.165) is 22.0 Å². The minimum atomic E-state index is -0.256. The minimum absolute atomic E-state index is 0.256. The summed E-state index contributed by atoms with van der Waals surface area (Å²) in [5, 5.41) is 9.21. The van der Waals surface area contributed by atoms with Crippen molar-refractivity contribution in [3.63, 3.8) is 0 Å². The average Bonchev–Trinajstić information content (AvgIpc) is 3.23. The number of thiazole rings is 1. The van der Waals surface area contributed by atoms with Crippen LogP contribution in [0, 0.1) is 6.92 Å². The molecule has 0 aliphatic carbocycles. The molecule has 0 atom stereocenters. The van der Waals surface area contributed by atoms with Crippen molar-refractivity contribution in [2.45, 2.75) is 13.8 Å². The molecule has 7 heteroatoms. The van der Waals surface area contributed by atoms with E-state index in [-0.39, 0.29) is 11.9 Å². The van der Waals surface area contributed by atoms with Crippen LogP contribution in [-0.4, -0.2) is 27.1 Å². The van der Waals surface area contributed by atoms with Crippen molar-refractivity contribution < 1.29 is 9.53 Å². The van der Waals surface area contributed by atoms with E-state index in [0.29, 0.717) is 12.2 Å². The zero-order chi connectivity index (χ0) is 18.8. The highest BCUT2D eigenvalue weighted by atomic mass is 32.1. The molecule has 0 bridgehead atoms. The van der Waals surface area contributed by atoms with Crippen molar-refractivity contribution in [1.29, 1.82) is 0 Å². The number of ether oxygens (including phenoxy) is 1. The topological polar surface area (TPSA) is 68.5 Å². The average molecular weight is 378 g/mol. The van der Waals surface area contributed by atoms with E-state index in [1.54, 1.807) is 28.8 Å². The van der Waals surface area contributed by atoms with E-state index in [2.05, 4.69) is 46.6 Å². The summed E-state index contributed by atoms with van der Waals surface area (Å²) < 4.78 is 7.15. The maximum Gasteiger partial charge on any atom is 0.258 e. The van der Waals surface area contributed by atoms with Gasteiger partial charge in [-0.05, 0) is 38.1 Å². The van der Waals surface area contributed by atoms with E-state index in [1.807, 2.05) is 12.3 Å². The first-order chi connectivity index (χ1) is 13.1. The molecule has 2 aromatic heterocycles. The van der Waals surface area contributed by atoms with Crippen LogP contribution >= 0.6 is 11.3 Å². The molecule has 0 fully saturated rings. The fourth-order valence-corrected chi connectivity index (χ4v) is 3.53. The largest absolute Gasteiger partial charge is 0.494 e. The molecule has 0 radical (unpaired) electrons. The second-order valence-corrected chi connectivity index (χ2v) is 6.86. The van der Waals surface area contributed by atoms with Gasteiger partial charge in [0.15, 0.2) is 0 Å². The molecule has 0 unspecified atom stereocenters. The first kappa shape index (κ1) is 17.2. The Labute approximate surface area is 160 Å². The number of benzene rings is 2. The van der Waals surface area contributed by atoms with Crippen LogP contribution < -0.4 is 10.1 Å². The number of amides is 1. The molecule has 4 aromatic rings. The van der Waals surface area contributed by atoms with Gasteiger partial charge >= 0.3 is 0 Å². The fraction of sp³-hybridized carbons (Fsp3) is 0.150. The molecular weight excluding hydrogens is 360 g/mol. The summed E-state index contributed by atoms with van der Waals surface area (Å²) in [5.74, 6) is 0.764. The number of anilines is 1. The van der Waals surface area contributed by atoms with Gasteiger partial charge in [-0.3, -0.25) is 10.1 Å². The van der Waals surface area contributed by atoms with Crippen molar-refractivity contribution in [3.05, 3.63) is 65.0 Å². The predicted octanol–water partition coefficient (Wildman–Crippen LogP) is 4.42. The van der Waals surface area contributed by atoms with Gasteiger partial charge in [-0.1, -0.05) is 29.8 Å². The quantitative estimate of drug-likeness (QED) is 0.558. The molecule has 0 aliphatic rings. The van der Waals surface area contributed by atoms with Crippen LogP contribution in [0.1, 0.15) is 22.8 Å². The summed E-state index contributed by atoms with van der Waals surface area (Å²) in [6, 6.07) is 15.2. The van der Waals surface area contributed by atoms with Gasteiger partial charge in [-0.25, -0.2) is 4.52 Å². The number of nitrogens with one attached hydrogen (secondary N) is 1. The standard InChI is InChI=1S/C20H18N4O2S/c1-3-26-16-10-8-15(9-11-16)18(25)21-19-22-20-24(23-19)17(12-27-20)14-6-4-13(2)5-7-14/h4-12H,3H2,1-2H3,(H,21,23,25). The third-order valence-electron chi connectivity index (χ3n) is 4.08. The molecule has 2 aromatic carbocycles. The number of fused-ring (bicyclic) bond motifs is 1. The van der Waals surface area contributed by atoms with Crippen LogP contribution in [0.4, 0.5) is 5.95 Å². The highest BCUT2D eigenvalue weighted by molar-refractivity contribution is 7.15. The monoisotopic (exact) mass is 378 g/mol. The van der Waals surface area contributed by atoms with Gasteiger partial charge in [0, 0.05) is 16.5 Å². The molecule has 6 nitrogen and oxygen atoms in total. The molecule has 0 saturated heterocycles. The van der Waals surface area contributed by atoms with Gasteiger partial charge in [0.25, 0.3) is 11.9 Å². The predicted molar refractivity (Wildman–Crippen MR) is 107 cm³/mol. The highest BCUT2D eigenvalue weighted by Gasteiger charge is 2.14. The SMILES string of the molecule is CCOc1ccc(C(=O)Nc2nc3scc(-c4ccc(C)cc4)n3n2)cc1. The molecule has 2 heterocycles. The smallest absolute Gasteiger partial charge is 0.258 e. The lowest BCUT2D eigenvalue weighted by molar-refractivity contribution is 0.102. The van der Waals surface area contributed by atoms with Gasteiger partial charge in [0.05, 0.1) is 12.3 Å². The van der Waals surface area contributed by atoms with Crippen molar-refractivity contribution in [1.82, 2.24) is 14.6 Å². The maximum atomic E-state index is 12.4. The number of aromatic nitrogens is 3. The Bertz CT molecular complexity index is 1080. The van der Waals surface area contributed by atoms with E-state index < -0.39 is 0 Å². The molecule has 4 rings (SSSR count). The van der Waals surface area contributed by atoms with Gasteiger partial charge in [0.2, 0.25) is 4.96 Å². The van der Waals surface area contributed by atoms with E-state index in [9.17, 15) is 4.79 Å². The van der Waals surface area contributed by atoms with Gasteiger partial charge in [-0.15, -0.1) is 16.4 Å². The van der Waals surface area contributed by atoms with E-state index in [1.165, 1.54) is 16.9 Å². The van der Waals surface area contributed by atoms with Crippen molar-refractivity contribution in [2.75, 3.05) is 11.9 Å². The number of aryl methyl sites for hydroxylation is 1. The molecule has 0 spiro atoms. The number of carbonyl (C=O) groups is 1. The number of hydrogen-bond donors (Lipinski definition) is 1. The molecule has 1 amide bonds. The Kier molecular flexibility index (Phi) is 4.60. The number of carbonyl (C=O) groups excluding carboxylic acids is 1. The van der Waals surface area contributed by atoms with E-state index >= 15 is 0 Å². The zero-order valence-electron chi connectivity index (χ0n) is 15.0. The summed E-state index contributed by atoms with van der Waals surface area (Å²) in [6.07, 6.45) is 0. The second kappa shape index (κ2) is 7.20. The molecule has 0 aliphatic heterocycles. The lowest BCUT2D eigenvalue weighted by Gasteiger charge is -2.04. The van der Waals surface area contributed by atoms with Crippen molar-refractivity contribution in [3.8, 4) is 17.0 Å². The van der Waals surface area contributed by atoms with Crippen LogP contribution in [0.3, 0.4) is 0 Å². The molecule has 1 N–H and O–H groups in total. The Morgan fingerprint density at radius 1 is 1.15 bits per heavy atom. The van der Waals surface area contributed by atoms with Crippen LogP contribution in [0.25, 0.3) is 16.2 Å². The third kappa shape index (κ3) is 3.54. The fourth-order valence-electron chi connectivity index (χ4n) is 2.70. The third-order valence-corrected chi connectivity index (χ3v) is 4.90. The molecular formula is C20H18N4O2S. The van der Waals surface area contributed by atoms with Crippen LogP contribution in [0.15, 0.2) is 53.9 Å². The first-order valence-electron chi connectivity index (χ1n) is 8.59. The Balaban J connectivity index is 1.56. The summed E-state index contributed by atoms with van der Waals surface area (Å²) in [6.45, 7) is 4.56. The second-order valence-electron chi connectivity index (χ2n) is 6.03. The Morgan fingerprint density at radius 3 is 2.59 bits per heavy atom. The Hall–Kier alpha value is -3.19. The van der Waals surface area contributed by atoms with Crippen LogP contribution in [-0.2, 0) is 0 Å². The summed E-state index contributed by atoms with van der Waals surface area (Å²) in [5.41, 5.74) is 3.73. The van der Waals surface area contributed by atoms with Crippen molar-refractivity contribution >= 4 is 28.2 Å². The normalized spacial score (nSPS) is 10.9. The molecule has 27 heavy (non-hydrogen) atoms. The van der Waals surface area contributed by atoms with Crippen molar-refractivity contribution in [2.24, 2.45) is 0 Å². The number of rotatable bonds is 5. The number of nitrogens with zero attached hydrogens (tertiary/aromatic N) is 3.